The topological polar surface area (TPSA) is 89.8 Å². The van der Waals surface area contributed by atoms with Crippen molar-refractivity contribution in [1.82, 2.24) is 4.90 Å². The maximum absolute atomic E-state index is 12.6. The number of nitro benzene ring substituents is 1. The van der Waals surface area contributed by atoms with Crippen molar-refractivity contribution in [2.75, 3.05) is 13.1 Å². The van der Waals surface area contributed by atoms with Crippen molar-refractivity contribution in [3.63, 3.8) is 0 Å². The molecule has 0 N–H and O–H groups in total. The molecule has 0 bridgehead atoms. The van der Waals surface area contributed by atoms with Crippen LogP contribution in [0.3, 0.4) is 0 Å². The lowest BCUT2D eigenvalue weighted by Crippen LogP contribution is -2.52. The van der Waals surface area contributed by atoms with Crippen LogP contribution in [0.2, 0.25) is 5.02 Å². The van der Waals surface area contributed by atoms with Gasteiger partial charge in [0.05, 0.1) is 16.9 Å². The molecule has 1 saturated heterocycles. The molecule has 7 nitrogen and oxygen atoms in total. The molecule has 0 aliphatic carbocycles. The third kappa shape index (κ3) is 4.07. The molecule has 0 saturated carbocycles. The summed E-state index contributed by atoms with van der Waals surface area (Å²) in [4.78, 5) is 37.2. The Morgan fingerprint density at radius 3 is 2.70 bits per heavy atom. The Kier molecular flexibility index (Phi) is 5.30. The molecule has 2 aromatic carbocycles. The smallest absolute Gasteiger partial charge is 0.270 e. The lowest BCUT2D eigenvalue weighted by atomic mass is 9.82. The lowest BCUT2D eigenvalue weighted by Gasteiger charge is -2.43. The molecule has 4 rings (SSSR count). The van der Waals surface area contributed by atoms with Gasteiger partial charge in [0.2, 0.25) is 5.91 Å². The number of benzene rings is 2. The van der Waals surface area contributed by atoms with E-state index in [0.29, 0.717) is 47.8 Å². The van der Waals surface area contributed by atoms with E-state index in [0.717, 1.165) is 0 Å². The number of nitrogens with zero attached hydrogens (tertiary/aromatic N) is 2. The fourth-order valence-electron chi connectivity index (χ4n) is 3.89. The van der Waals surface area contributed by atoms with Crippen LogP contribution in [0, 0.1) is 10.1 Å². The minimum atomic E-state index is -0.599. The second-order valence-electron chi connectivity index (χ2n) is 7.54. The molecule has 0 radical (unpaired) electrons. The molecule has 30 heavy (non-hydrogen) atoms. The Morgan fingerprint density at radius 1 is 1.20 bits per heavy atom. The Bertz CT molecular complexity index is 1060. The van der Waals surface area contributed by atoms with Gasteiger partial charge in [0.15, 0.2) is 5.78 Å². The van der Waals surface area contributed by atoms with Crippen LogP contribution in [-0.2, 0) is 4.79 Å². The van der Waals surface area contributed by atoms with Gasteiger partial charge in [0, 0.05) is 49.2 Å². The number of ether oxygens (including phenoxy) is 1. The number of carbonyl (C=O) groups is 2. The zero-order valence-electron chi connectivity index (χ0n) is 16.0. The van der Waals surface area contributed by atoms with Gasteiger partial charge in [-0.3, -0.25) is 19.7 Å². The van der Waals surface area contributed by atoms with E-state index in [1.807, 2.05) is 0 Å². The molecule has 2 aliphatic rings. The van der Waals surface area contributed by atoms with E-state index in [9.17, 15) is 19.7 Å². The minimum Gasteiger partial charge on any atom is -0.486 e. The van der Waals surface area contributed by atoms with Crippen LogP contribution < -0.4 is 4.74 Å². The molecule has 1 fully saturated rings. The number of likely N-dealkylation sites (tertiary alicyclic amines) is 1. The summed E-state index contributed by atoms with van der Waals surface area (Å²) < 4.78 is 6.18. The summed E-state index contributed by atoms with van der Waals surface area (Å²) >= 11 is 5.98. The van der Waals surface area contributed by atoms with E-state index in [1.165, 1.54) is 18.2 Å². The number of rotatable bonds is 3. The van der Waals surface area contributed by atoms with Gasteiger partial charge in [-0.2, -0.15) is 0 Å². The summed E-state index contributed by atoms with van der Waals surface area (Å²) in [5.74, 6) is 0.371. The van der Waals surface area contributed by atoms with E-state index in [-0.39, 0.29) is 23.8 Å². The first-order chi connectivity index (χ1) is 14.3. The lowest BCUT2D eigenvalue weighted by molar-refractivity contribution is -0.384. The second-order valence-corrected chi connectivity index (χ2v) is 7.97. The van der Waals surface area contributed by atoms with Crippen LogP contribution >= 0.6 is 11.6 Å². The van der Waals surface area contributed by atoms with Gasteiger partial charge in [-0.05, 0) is 29.8 Å². The van der Waals surface area contributed by atoms with Crippen LogP contribution in [0.25, 0.3) is 6.08 Å². The van der Waals surface area contributed by atoms with Crippen molar-refractivity contribution in [2.24, 2.45) is 0 Å². The zero-order chi connectivity index (χ0) is 21.3. The van der Waals surface area contributed by atoms with Crippen molar-refractivity contribution < 1.29 is 19.2 Å². The maximum Gasteiger partial charge on any atom is 0.270 e. The maximum atomic E-state index is 12.6. The predicted molar refractivity (Wildman–Crippen MR) is 112 cm³/mol. The molecule has 154 valence electrons. The Hall–Kier alpha value is -3.19. The highest BCUT2D eigenvalue weighted by molar-refractivity contribution is 6.31. The van der Waals surface area contributed by atoms with Gasteiger partial charge in [0.1, 0.15) is 11.4 Å². The normalized spacial score (nSPS) is 17.6. The number of hydrogen-bond donors (Lipinski definition) is 0. The van der Waals surface area contributed by atoms with E-state index < -0.39 is 10.5 Å². The molecule has 2 aliphatic heterocycles. The van der Waals surface area contributed by atoms with Gasteiger partial charge in [0.25, 0.3) is 5.69 Å². The number of nitro groups is 1. The standard InChI is InChI=1S/C22H19ClN2O5/c23-16-5-6-20-18(13-16)19(26)14-22(30-20)8-10-24(11-9-22)21(27)7-4-15-2-1-3-17(12-15)25(28)29/h1-7,12-13H,8-11,14H2/b7-4+. The summed E-state index contributed by atoms with van der Waals surface area (Å²) in [5, 5.41) is 11.4. The fraction of sp³-hybridized carbons (Fsp3) is 0.273. The van der Waals surface area contributed by atoms with Crippen molar-refractivity contribution >= 4 is 35.1 Å². The minimum absolute atomic E-state index is 0.00379. The highest BCUT2D eigenvalue weighted by Crippen LogP contribution is 2.40. The fourth-order valence-corrected chi connectivity index (χ4v) is 4.07. The van der Waals surface area contributed by atoms with E-state index in [4.69, 9.17) is 16.3 Å². The molecule has 2 heterocycles. The molecule has 2 aromatic rings. The number of non-ortho nitro benzene ring substituents is 1. The monoisotopic (exact) mass is 426 g/mol. The Labute approximate surface area is 178 Å². The van der Waals surface area contributed by atoms with E-state index in [1.54, 1.807) is 41.3 Å². The molecular weight excluding hydrogens is 408 g/mol. The van der Waals surface area contributed by atoms with Crippen LogP contribution in [0.1, 0.15) is 35.2 Å². The first-order valence-corrected chi connectivity index (χ1v) is 9.96. The highest BCUT2D eigenvalue weighted by Gasteiger charge is 2.43. The summed E-state index contributed by atoms with van der Waals surface area (Å²) in [7, 11) is 0. The number of amides is 1. The number of piperidine rings is 1. The number of carbonyl (C=O) groups excluding carboxylic acids is 2. The van der Waals surface area contributed by atoms with Crippen molar-refractivity contribution in [3.05, 3.63) is 74.8 Å². The molecule has 0 aromatic heterocycles. The molecule has 1 spiro atoms. The zero-order valence-corrected chi connectivity index (χ0v) is 16.8. The summed E-state index contributed by atoms with van der Waals surface area (Å²) in [6.45, 7) is 0.933. The van der Waals surface area contributed by atoms with E-state index in [2.05, 4.69) is 0 Å². The molecule has 0 atom stereocenters. The number of hydrogen-bond acceptors (Lipinski definition) is 5. The summed E-state index contributed by atoms with van der Waals surface area (Å²) in [5.41, 5.74) is 0.470. The number of fused-ring (bicyclic) bond motifs is 1. The van der Waals surface area contributed by atoms with Crippen LogP contribution in [-0.4, -0.2) is 40.2 Å². The van der Waals surface area contributed by atoms with Crippen molar-refractivity contribution in [1.29, 1.82) is 0 Å². The number of halogens is 1. The van der Waals surface area contributed by atoms with Gasteiger partial charge in [-0.15, -0.1) is 0 Å². The van der Waals surface area contributed by atoms with Gasteiger partial charge in [-0.25, -0.2) is 0 Å². The number of Topliss-reactive ketones (excluding diaryl/α,β-unsaturated/α-hetero) is 1. The van der Waals surface area contributed by atoms with Gasteiger partial charge in [-0.1, -0.05) is 23.7 Å². The highest BCUT2D eigenvalue weighted by atomic mass is 35.5. The van der Waals surface area contributed by atoms with E-state index >= 15 is 0 Å². The Morgan fingerprint density at radius 2 is 1.97 bits per heavy atom. The van der Waals surface area contributed by atoms with Gasteiger partial charge >= 0.3 is 0 Å². The quantitative estimate of drug-likeness (QED) is 0.415. The number of ketones is 1. The first kappa shape index (κ1) is 20.1. The summed E-state index contributed by atoms with van der Waals surface area (Å²) in [6.07, 6.45) is 4.36. The van der Waals surface area contributed by atoms with Gasteiger partial charge < -0.3 is 9.64 Å². The van der Waals surface area contributed by atoms with Crippen LogP contribution in [0.15, 0.2) is 48.5 Å². The first-order valence-electron chi connectivity index (χ1n) is 9.58. The largest absolute Gasteiger partial charge is 0.486 e. The molecule has 0 unspecified atom stereocenters. The average Bonchev–Trinajstić information content (AvgIpc) is 2.73. The summed E-state index contributed by atoms with van der Waals surface area (Å²) in [6, 6.07) is 11.1. The molecule has 8 heteroatoms. The third-order valence-corrected chi connectivity index (χ3v) is 5.77. The molecular formula is C22H19ClN2O5. The average molecular weight is 427 g/mol. The van der Waals surface area contributed by atoms with Crippen molar-refractivity contribution in [3.8, 4) is 5.75 Å². The predicted octanol–water partition coefficient (Wildman–Crippen LogP) is 4.29. The van der Waals surface area contributed by atoms with Crippen LogP contribution in [0.4, 0.5) is 5.69 Å². The SMILES string of the molecule is O=C1CC2(CCN(C(=O)/C=C/c3cccc([N+](=O)[O-])c3)CC2)Oc2ccc(Cl)cc21. The third-order valence-electron chi connectivity index (χ3n) is 5.54. The second kappa shape index (κ2) is 7.91. The van der Waals surface area contributed by atoms with Crippen LogP contribution in [0.5, 0.6) is 5.75 Å². The Balaban J connectivity index is 1.40. The molecule has 1 amide bonds. The van der Waals surface area contributed by atoms with Crippen molar-refractivity contribution in [2.45, 2.75) is 24.9 Å².